The van der Waals surface area contributed by atoms with Crippen molar-refractivity contribution in [3.05, 3.63) is 18.0 Å². The second-order valence-electron chi connectivity index (χ2n) is 4.30. The van der Waals surface area contributed by atoms with Crippen molar-refractivity contribution in [2.45, 2.75) is 45.4 Å². The maximum absolute atomic E-state index is 6.00. The molecule has 2 rings (SSSR count). The Bertz CT molecular complexity index is 320. The van der Waals surface area contributed by atoms with Crippen molar-refractivity contribution >= 4 is 0 Å². The molecule has 0 spiro atoms. The van der Waals surface area contributed by atoms with E-state index in [-0.39, 0.29) is 0 Å². The van der Waals surface area contributed by atoms with Crippen LogP contribution < -0.4 is 5.73 Å². The average molecular weight is 208 g/mol. The average Bonchev–Trinajstić information content (AvgIpc) is 2.80. The first-order valence-corrected chi connectivity index (χ1v) is 5.72. The molecular weight excluding hydrogens is 188 g/mol. The predicted molar refractivity (Wildman–Crippen MR) is 60.4 cm³/mol. The Morgan fingerprint density at radius 1 is 1.60 bits per heavy atom. The van der Waals surface area contributed by atoms with Crippen molar-refractivity contribution in [2.24, 2.45) is 5.73 Å². The Balaban J connectivity index is 2.03. The molecule has 1 fully saturated rings. The minimum Gasteiger partial charge on any atom is -0.326 e. The van der Waals surface area contributed by atoms with Crippen molar-refractivity contribution in [1.29, 1.82) is 0 Å². The molecule has 0 aromatic carbocycles. The molecule has 15 heavy (non-hydrogen) atoms. The highest BCUT2D eigenvalue weighted by atomic mass is 15.3. The van der Waals surface area contributed by atoms with Crippen LogP contribution in [0.3, 0.4) is 0 Å². The van der Waals surface area contributed by atoms with Gasteiger partial charge in [0.2, 0.25) is 0 Å². The summed E-state index contributed by atoms with van der Waals surface area (Å²) in [6.45, 7) is 7.36. The molecule has 4 nitrogen and oxygen atoms in total. The molecule has 4 heteroatoms. The molecule has 0 bridgehead atoms. The molecule has 2 heterocycles. The maximum Gasteiger partial charge on any atom is 0.0524 e. The van der Waals surface area contributed by atoms with Crippen LogP contribution in [0.15, 0.2) is 12.3 Å². The van der Waals surface area contributed by atoms with Gasteiger partial charge < -0.3 is 5.73 Å². The summed E-state index contributed by atoms with van der Waals surface area (Å²) in [5.74, 6) is 0. The van der Waals surface area contributed by atoms with E-state index in [0.29, 0.717) is 12.1 Å². The van der Waals surface area contributed by atoms with Crippen molar-refractivity contribution in [1.82, 2.24) is 14.7 Å². The SMILES string of the molecule is CCn1nccc1CN1CCC(N)C1C. The van der Waals surface area contributed by atoms with Crippen LogP contribution in [0.5, 0.6) is 0 Å². The molecule has 0 aliphatic carbocycles. The van der Waals surface area contributed by atoms with E-state index in [2.05, 4.69) is 34.6 Å². The summed E-state index contributed by atoms with van der Waals surface area (Å²) in [5.41, 5.74) is 7.29. The van der Waals surface area contributed by atoms with Crippen molar-refractivity contribution in [3.63, 3.8) is 0 Å². The highest BCUT2D eigenvalue weighted by molar-refractivity contribution is 5.02. The lowest BCUT2D eigenvalue weighted by molar-refractivity contribution is 0.244. The molecule has 0 amide bonds. The van der Waals surface area contributed by atoms with Gasteiger partial charge in [0, 0.05) is 37.9 Å². The molecule has 84 valence electrons. The Labute approximate surface area is 91.1 Å². The van der Waals surface area contributed by atoms with E-state index in [1.807, 2.05) is 6.20 Å². The smallest absolute Gasteiger partial charge is 0.0524 e. The van der Waals surface area contributed by atoms with Gasteiger partial charge >= 0.3 is 0 Å². The molecule has 0 radical (unpaired) electrons. The first kappa shape index (κ1) is 10.6. The zero-order valence-electron chi connectivity index (χ0n) is 9.56. The van der Waals surface area contributed by atoms with Crippen LogP contribution in [0.2, 0.25) is 0 Å². The Kier molecular flexibility index (Phi) is 3.07. The van der Waals surface area contributed by atoms with Crippen LogP contribution in [-0.4, -0.2) is 33.3 Å². The summed E-state index contributed by atoms with van der Waals surface area (Å²) in [6, 6.07) is 2.92. The third-order valence-corrected chi connectivity index (χ3v) is 3.41. The van der Waals surface area contributed by atoms with Crippen LogP contribution in [-0.2, 0) is 13.1 Å². The Morgan fingerprint density at radius 3 is 3.00 bits per heavy atom. The normalized spacial score (nSPS) is 27.4. The van der Waals surface area contributed by atoms with Crippen LogP contribution in [0.1, 0.15) is 26.0 Å². The van der Waals surface area contributed by atoms with Gasteiger partial charge in [0.1, 0.15) is 0 Å². The number of nitrogens with zero attached hydrogens (tertiary/aromatic N) is 3. The summed E-state index contributed by atoms with van der Waals surface area (Å²) >= 11 is 0. The third-order valence-electron chi connectivity index (χ3n) is 3.41. The highest BCUT2D eigenvalue weighted by Crippen LogP contribution is 2.18. The van der Waals surface area contributed by atoms with Crippen LogP contribution in [0, 0.1) is 0 Å². The van der Waals surface area contributed by atoms with Gasteiger partial charge in [0.05, 0.1) is 5.69 Å². The van der Waals surface area contributed by atoms with E-state index >= 15 is 0 Å². The summed E-state index contributed by atoms with van der Waals surface area (Å²) in [6.07, 6.45) is 2.99. The Hall–Kier alpha value is -0.870. The number of aromatic nitrogens is 2. The minimum atomic E-state index is 0.336. The summed E-state index contributed by atoms with van der Waals surface area (Å²) in [4.78, 5) is 2.44. The van der Waals surface area contributed by atoms with E-state index in [0.717, 1.165) is 26.1 Å². The number of hydrogen-bond acceptors (Lipinski definition) is 3. The fourth-order valence-electron chi connectivity index (χ4n) is 2.24. The van der Waals surface area contributed by atoms with E-state index in [4.69, 9.17) is 5.73 Å². The van der Waals surface area contributed by atoms with Gasteiger partial charge in [-0.1, -0.05) is 0 Å². The van der Waals surface area contributed by atoms with Gasteiger partial charge in [-0.25, -0.2) is 0 Å². The fraction of sp³-hybridized carbons (Fsp3) is 0.727. The lowest BCUT2D eigenvalue weighted by Gasteiger charge is -2.22. The predicted octanol–water partition coefficient (Wildman–Crippen LogP) is 0.825. The lowest BCUT2D eigenvalue weighted by atomic mass is 10.2. The van der Waals surface area contributed by atoms with Gasteiger partial charge in [0.25, 0.3) is 0 Å². The second kappa shape index (κ2) is 4.33. The van der Waals surface area contributed by atoms with Gasteiger partial charge in [0.15, 0.2) is 0 Å². The quantitative estimate of drug-likeness (QED) is 0.800. The number of nitrogens with two attached hydrogens (primary N) is 1. The molecule has 1 aliphatic heterocycles. The van der Waals surface area contributed by atoms with Crippen molar-refractivity contribution in [3.8, 4) is 0 Å². The summed E-state index contributed by atoms with van der Waals surface area (Å²) < 4.78 is 2.05. The van der Waals surface area contributed by atoms with E-state index in [1.165, 1.54) is 5.69 Å². The van der Waals surface area contributed by atoms with Crippen LogP contribution in [0.4, 0.5) is 0 Å². The topological polar surface area (TPSA) is 47.1 Å². The fourth-order valence-corrected chi connectivity index (χ4v) is 2.24. The number of hydrogen-bond donors (Lipinski definition) is 1. The molecule has 2 N–H and O–H groups in total. The van der Waals surface area contributed by atoms with Crippen LogP contribution in [0.25, 0.3) is 0 Å². The van der Waals surface area contributed by atoms with Gasteiger partial charge in [-0.15, -0.1) is 0 Å². The number of likely N-dealkylation sites (tertiary alicyclic amines) is 1. The Morgan fingerprint density at radius 2 is 2.40 bits per heavy atom. The molecule has 1 aromatic rings. The molecule has 2 atom stereocenters. The van der Waals surface area contributed by atoms with Gasteiger partial charge in [-0.05, 0) is 26.3 Å². The minimum absolute atomic E-state index is 0.336. The standard InChI is InChI=1S/C11H20N4/c1-3-15-10(4-6-13-15)8-14-7-5-11(12)9(14)2/h4,6,9,11H,3,5,7-8,12H2,1-2H3. The first-order valence-electron chi connectivity index (χ1n) is 5.72. The second-order valence-corrected chi connectivity index (χ2v) is 4.30. The maximum atomic E-state index is 6.00. The first-order chi connectivity index (χ1) is 7.22. The summed E-state index contributed by atoms with van der Waals surface area (Å²) in [7, 11) is 0. The van der Waals surface area contributed by atoms with Crippen molar-refractivity contribution < 1.29 is 0 Å². The van der Waals surface area contributed by atoms with E-state index in [9.17, 15) is 0 Å². The third kappa shape index (κ3) is 2.06. The largest absolute Gasteiger partial charge is 0.326 e. The molecular formula is C11H20N4. The summed E-state index contributed by atoms with van der Waals surface area (Å²) in [5, 5.41) is 4.28. The molecule has 1 saturated heterocycles. The molecule has 0 saturated carbocycles. The van der Waals surface area contributed by atoms with E-state index < -0.39 is 0 Å². The molecule has 1 aromatic heterocycles. The lowest BCUT2D eigenvalue weighted by Crippen LogP contribution is -2.36. The van der Waals surface area contributed by atoms with Crippen molar-refractivity contribution in [2.75, 3.05) is 6.54 Å². The monoisotopic (exact) mass is 208 g/mol. The molecule has 1 aliphatic rings. The van der Waals surface area contributed by atoms with E-state index in [1.54, 1.807) is 0 Å². The van der Waals surface area contributed by atoms with Crippen LogP contribution >= 0.6 is 0 Å². The highest BCUT2D eigenvalue weighted by Gasteiger charge is 2.28. The van der Waals surface area contributed by atoms with Gasteiger partial charge in [-0.2, -0.15) is 5.10 Å². The number of aryl methyl sites for hydroxylation is 1. The number of rotatable bonds is 3. The zero-order valence-corrected chi connectivity index (χ0v) is 9.56. The zero-order chi connectivity index (χ0) is 10.8. The molecule has 2 unspecified atom stereocenters. The van der Waals surface area contributed by atoms with Gasteiger partial charge in [-0.3, -0.25) is 9.58 Å².